The Kier molecular flexibility index (Phi) is 11.6. The fourth-order valence-electron chi connectivity index (χ4n) is 1.91. The van der Waals surface area contributed by atoms with Crippen LogP contribution in [0.15, 0.2) is 0 Å². The summed E-state index contributed by atoms with van der Waals surface area (Å²) < 4.78 is 15.9. The highest BCUT2D eigenvalue weighted by atomic mass is 16.6. The third-order valence-corrected chi connectivity index (χ3v) is 3.24. The number of hydrogen-bond acceptors (Lipinski definition) is 6. The molecule has 0 aliphatic carbocycles. The second kappa shape index (κ2) is 12.5. The minimum Gasteiger partial charge on any atom is -0.481 e. The van der Waals surface area contributed by atoms with Crippen LogP contribution in [0.4, 0.5) is 4.79 Å². The first-order valence-corrected chi connectivity index (χ1v) is 8.61. The number of ether oxygens (including phenoxy) is 3. The zero-order chi connectivity index (χ0) is 20.2. The van der Waals surface area contributed by atoms with Gasteiger partial charge in [-0.25, -0.2) is 4.79 Å². The Morgan fingerprint density at radius 1 is 0.923 bits per heavy atom. The lowest BCUT2D eigenvalue weighted by Crippen LogP contribution is -2.44. The third kappa shape index (κ3) is 13.4. The van der Waals surface area contributed by atoms with Crippen LogP contribution in [0.1, 0.15) is 47.0 Å². The molecule has 0 saturated carbocycles. The summed E-state index contributed by atoms with van der Waals surface area (Å²) in [5.41, 5.74) is -0.642. The molecule has 2 N–H and O–H groups in total. The Balaban J connectivity index is 4.47. The van der Waals surface area contributed by atoms with Crippen LogP contribution in [0.2, 0.25) is 0 Å². The zero-order valence-corrected chi connectivity index (χ0v) is 16.0. The van der Waals surface area contributed by atoms with Crippen LogP contribution in [-0.2, 0) is 23.8 Å². The molecule has 1 amide bonds. The molecule has 0 heterocycles. The molecule has 9 nitrogen and oxygen atoms in total. The van der Waals surface area contributed by atoms with E-state index in [1.165, 1.54) is 4.90 Å². The second-order valence-corrected chi connectivity index (χ2v) is 6.82. The van der Waals surface area contributed by atoms with E-state index in [0.29, 0.717) is 13.0 Å². The van der Waals surface area contributed by atoms with Gasteiger partial charge in [0.25, 0.3) is 0 Å². The Labute approximate surface area is 154 Å². The number of carbonyl (C=O) groups excluding carboxylic acids is 1. The van der Waals surface area contributed by atoms with Gasteiger partial charge in [0, 0.05) is 19.2 Å². The first-order valence-electron chi connectivity index (χ1n) is 8.61. The molecular formula is C17H31NO8. The molecule has 1 atom stereocenters. The van der Waals surface area contributed by atoms with Gasteiger partial charge in [-0.2, -0.15) is 0 Å². The standard InChI is InChI=1S/C17H31NO8/c1-13(5-9-24-10-6-14(19)20)18(16(23)26-17(2,3)4)8-12-25-11-7-15(21)22/h13H,5-12H2,1-4H3,(H,19,20)(H,21,22). The number of amides is 1. The molecule has 0 fully saturated rings. The quantitative estimate of drug-likeness (QED) is 0.467. The number of carbonyl (C=O) groups is 3. The van der Waals surface area contributed by atoms with Crippen molar-refractivity contribution in [2.45, 2.75) is 58.6 Å². The van der Waals surface area contributed by atoms with Crippen LogP contribution in [0.5, 0.6) is 0 Å². The highest BCUT2D eigenvalue weighted by Gasteiger charge is 2.25. The molecule has 0 saturated heterocycles. The molecule has 0 aromatic carbocycles. The summed E-state index contributed by atoms with van der Waals surface area (Å²) in [5.74, 6) is -1.87. The molecule has 0 aliphatic rings. The van der Waals surface area contributed by atoms with Gasteiger partial charge in [-0.05, 0) is 34.1 Å². The van der Waals surface area contributed by atoms with Gasteiger partial charge in [-0.3, -0.25) is 9.59 Å². The molecule has 0 aromatic heterocycles. The summed E-state index contributed by atoms with van der Waals surface area (Å²) >= 11 is 0. The number of carboxylic acid groups (broad SMARTS) is 2. The highest BCUT2D eigenvalue weighted by molar-refractivity contribution is 5.68. The van der Waals surface area contributed by atoms with Crippen molar-refractivity contribution >= 4 is 18.0 Å². The Bertz CT molecular complexity index is 447. The van der Waals surface area contributed by atoms with Crippen molar-refractivity contribution in [1.29, 1.82) is 0 Å². The van der Waals surface area contributed by atoms with Gasteiger partial charge in [-0.15, -0.1) is 0 Å². The maximum absolute atomic E-state index is 12.4. The van der Waals surface area contributed by atoms with E-state index >= 15 is 0 Å². The normalized spacial score (nSPS) is 12.5. The largest absolute Gasteiger partial charge is 0.481 e. The minimum absolute atomic E-state index is 0.0679. The lowest BCUT2D eigenvalue weighted by Gasteiger charge is -2.31. The van der Waals surface area contributed by atoms with Crippen LogP contribution in [0.25, 0.3) is 0 Å². The molecule has 26 heavy (non-hydrogen) atoms. The van der Waals surface area contributed by atoms with E-state index in [-0.39, 0.29) is 45.2 Å². The van der Waals surface area contributed by atoms with Crippen molar-refractivity contribution in [2.75, 3.05) is 33.0 Å². The molecule has 1 unspecified atom stereocenters. The molecule has 0 radical (unpaired) electrons. The monoisotopic (exact) mass is 377 g/mol. The summed E-state index contributed by atoms with van der Waals surface area (Å²) in [6.45, 7) is 8.10. The molecule has 0 bridgehead atoms. The highest BCUT2D eigenvalue weighted by Crippen LogP contribution is 2.13. The Morgan fingerprint density at radius 2 is 1.42 bits per heavy atom. The number of rotatable bonds is 13. The van der Waals surface area contributed by atoms with Crippen LogP contribution >= 0.6 is 0 Å². The SMILES string of the molecule is CC(CCOCCC(=O)O)N(CCOCCC(=O)O)C(=O)OC(C)(C)C. The average molecular weight is 377 g/mol. The van der Waals surface area contributed by atoms with Gasteiger partial charge >= 0.3 is 18.0 Å². The summed E-state index contributed by atoms with van der Waals surface area (Å²) in [7, 11) is 0. The van der Waals surface area contributed by atoms with Crippen LogP contribution < -0.4 is 0 Å². The second-order valence-electron chi connectivity index (χ2n) is 6.82. The molecule has 0 aliphatic heterocycles. The van der Waals surface area contributed by atoms with Crippen molar-refractivity contribution in [2.24, 2.45) is 0 Å². The van der Waals surface area contributed by atoms with Crippen molar-refractivity contribution < 1.29 is 38.8 Å². The molecule has 152 valence electrons. The lowest BCUT2D eigenvalue weighted by atomic mass is 10.2. The van der Waals surface area contributed by atoms with Crippen LogP contribution in [-0.4, -0.2) is 77.8 Å². The van der Waals surface area contributed by atoms with Gasteiger partial charge in [0.2, 0.25) is 0 Å². The number of carboxylic acids is 2. The van der Waals surface area contributed by atoms with E-state index in [1.807, 2.05) is 6.92 Å². The number of hydrogen-bond donors (Lipinski definition) is 2. The van der Waals surface area contributed by atoms with Gasteiger partial charge in [0.05, 0.1) is 32.7 Å². The fourth-order valence-corrected chi connectivity index (χ4v) is 1.91. The summed E-state index contributed by atoms with van der Waals surface area (Å²) in [5, 5.41) is 17.2. The van der Waals surface area contributed by atoms with Crippen molar-refractivity contribution in [1.82, 2.24) is 4.90 Å². The van der Waals surface area contributed by atoms with Gasteiger partial charge in [-0.1, -0.05) is 0 Å². The van der Waals surface area contributed by atoms with Crippen LogP contribution in [0.3, 0.4) is 0 Å². The minimum atomic E-state index is -0.944. The van der Waals surface area contributed by atoms with E-state index < -0.39 is 23.6 Å². The average Bonchev–Trinajstić information content (AvgIpc) is 2.47. The van der Waals surface area contributed by atoms with E-state index in [2.05, 4.69) is 0 Å². The van der Waals surface area contributed by atoms with Crippen LogP contribution in [0, 0.1) is 0 Å². The first kappa shape index (κ1) is 24.1. The van der Waals surface area contributed by atoms with Crippen molar-refractivity contribution in [3.05, 3.63) is 0 Å². The first-order chi connectivity index (χ1) is 12.0. The summed E-state index contributed by atoms with van der Waals surface area (Å²) in [6, 6.07) is -0.210. The Morgan fingerprint density at radius 3 is 1.88 bits per heavy atom. The molecule has 0 rings (SSSR count). The Hall–Kier alpha value is -1.87. The fraction of sp³-hybridized carbons (Fsp3) is 0.824. The topological polar surface area (TPSA) is 123 Å². The van der Waals surface area contributed by atoms with E-state index in [4.69, 9.17) is 24.4 Å². The maximum Gasteiger partial charge on any atom is 0.410 e. The van der Waals surface area contributed by atoms with Crippen molar-refractivity contribution in [3.63, 3.8) is 0 Å². The van der Waals surface area contributed by atoms with Gasteiger partial charge in [0.15, 0.2) is 0 Å². The summed E-state index contributed by atoms with van der Waals surface area (Å²) in [4.78, 5) is 34.8. The van der Waals surface area contributed by atoms with Gasteiger partial charge < -0.3 is 29.3 Å². The van der Waals surface area contributed by atoms with E-state index in [0.717, 1.165) is 0 Å². The molecular weight excluding hydrogens is 346 g/mol. The molecule has 0 aromatic rings. The predicted molar refractivity (Wildman–Crippen MR) is 93.2 cm³/mol. The van der Waals surface area contributed by atoms with E-state index in [9.17, 15) is 14.4 Å². The number of aliphatic carboxylic acids is 2. The molecule has 0 spiro atoms. The van der Waals surface area contributed by atoms with Crippen molar-refractivity contribution in [3.8, 4) is 0 Å². The number of nitrogens with zero attached hydrogens (tertiary/aromatic N) is 1. The summed E-state index contributed by atoms with van der Waals surface area (Å²) in [6.07, 6.45) is -0.146. The molecule has 9 heteroatoms. The lowest BCUT2D eigenvalue weighted by molar-refractivity contribution is -0.139. The maximum atomic E-state index is 12.4. The third-order valence-electron chi connectivity index (χ3n) is 3.24. The zero-order valence-electron chi connectivity index (χ0n) is 16.0. The van der Waals surface area contributed by atoms with E-state index in [1.54, 1.807) is 20.8 Å². The predicted octanol–water partition coefficient (Wildman–Crippen LogP) is 1.98. The smallest absolute Gasteiger partial charge is 0.410 e. The van der Waals surface area contributed by atoms with Gasteiger partial charge in [0.1, 0.15) is 5.60 Å².